The fourth-order valence-corrected chi connectivity index (χ4v) is 3.06. The van der Waals surface area contributed by atoms with E-state index in [-0.39, 0.29) is 18.2 Å². The summed E-state index contributed by atoms with van der Waals surface area (Å²) in [7, 11) is 0. The second-order valence-corrected chi connectivity index (χ2v) is 5.44. The van der Waals surface area contributed by atoms with Crippen LogP contribution in [0.3, 0.4) is 0 Å². The van der Waals surface area contributed by atoms with Crippen molar-refractivity contribution >= 4 is 5.69 Å². The van der Waals surface area contributed by atoms with Crippen LogP contribution >= 0.6 is 0 Å². The smallest absolute Gasteiger partial charge is 0.143 e. The molecule has 108 valence electrons. The summed E-state index contributed by atoms with van der Waals surface area (Å²) >= 11 is 0. The number of hydrogen-bond donors (Lipinski definition) is 2. The van der Waals surface area contributed by atoms with Crippen molar-refractivity contribution in [3.05, 3.63) is 29.6 Å². The number of rotatable bonds is 5. The van der Waals surface area contributed by atoms with Crippen LogP contribution in [-0.4, -0.2) is 17.8 Å². The zero-order chi connectivity index (χ0) is 14.4. The summed E-state index contributed by atoms with van der Waals surface area (Å²) < 4.78 is 13.6. The van der Waals surface area contributed by atoms with Gasteiger partial charge in [-0.3, -0.25) is 0 Å². The fraction of sp³-hybridized carbons (Fsp3) is 0.562. The molecule has 1 aliphatic carbocycles. The van der Waals surface area contributed by atoms with E-state index in [2.05, 4.69) is 5.32 Å². The molecule has 3 nitrogen and oxygen atoms in total. The zero-order valence-electron chi connectivity index (χ0n) is 11.6. The third-order valence-corrected chi connectivity index (χ3v) is 4.13. The van der Waals surface area contributed by atoms with Gasteiger partial charge >= 0.3 is 0 Å². The van der Waals surface area contributed by atoms with Crippen molar-refractivity contribution in [3.63, 3.8) is 0 Å². The van der Waals surface area contributed by atoms with Crippen LogP contribution in [0.5, 0.6) is 0 Å². The van der Waals surface area contributed by atoms with Crippen molar-refractivity contribution < 1.29 is 9.50 Å². The summed E-state index contributed by atoms with van der Waals surface area (Å²) in [6.07, 6.45) is 6.59. The standard InChI is InChI=1S/C16H21FN2O/c17-14-7-4-8-16(13(14)11-18)19-15(9-10-20)12-5-2-1-3-6-12/h4,7-8,12,15,19-20H,1-3,5-6,9-10H2. The molecule has 4 heteroatoms. The van der Waals surface area contributed by atoms with Gasteiger partial charge in [-0.05, 0) is 37.3 Å². The Morgan fingerprint density at radius 2 is 2.10 bits per heavy atom. The van der Waals surface area contributed by atoms with Gasteiger partial charge in [-0.2, -0.15) is 5.26 Å². The number of nitriles is 1. The Morgan fingerprint density at radius 1 is 1.35 bits per heavy atom. The second-order valence-electron chi connectivity index (χ2n) is 5.44. The Labute approximate surface area is 119 Å². The molecule has 0 aliphatic heterocycles. The Kier molecular flexibility index (Phi) is 5.37. The van der Waals surface area contributed by atoms with Gasteiger partial charge in [-0.15, -0.1) is 0 Å². The SMILES string of the molecule is N#Cc1c(F)cccc1NC(CCO)C1CCCCC1. The Bertz CT molecular complexity index is 478. The van der Waals surface area contributed by atoms with E-state index in [1.165, 1.54) is 25.3 Å². The van der Waals surface area contributed by atoms with Gasteiger partial charge in [0.1, 0.15) is 17.4 Å². The maximum Gasteiger partial charge on any atom is 0.143 e. The number of aliphatic hydroxyl groups excluding tert-OH is 1. The van der Waals surface area contributed by atoms with E-state index in [1.807, 2.05) is 6.07 Å². The van der Waals surface area contributed by atoms with Crippen LogP contribution in [0.15, 0.2) is 18.2 Å². The summed E-state index contributed by atoms with van der Waals surface area (Å²) in [4.78, 5) is 0. The molecule has 1 saturated carbocycles. The number of nitrogens with zero attached hydrogens (tertiary/aromatic N) is 1. The summed E-state index contributed by atoms with van der Waals surface area (Å²) in [6.45, 7) is 0.103. The number of halogens is 1. The van der Waals surface area contributed by atoms with Crippen LogP contribution in [0.2, 0.25) is 0 Å². The van der Waals surface area contributed by atoms with Gasteiger partial charge in [0.2, 0.25) is 0 Å². The predicted molar refractivity (Wildman–Crippen MR) is 76.8 cm³/mol. The number of benzene rings is 1. The van der Waals surface area contributed by atoms with Crippen LogP contribution in [0.4, 0.5) is 10.1 Å². The van der Waals surface area contributed by atoms with Crippen molar-refractivity contribution in [3.8, 4) is 6.07 Å². The van der Waals surface area contributed by atoms with Crippen molar-refractivity contribution in [2.45, 2.75) is 44.6 Å². The van der Waals surface area contributed by atoms with Crippen molar-refractivity contribution in [2.24, 2.45) is 5.92 Å². The highest BCUT2D eigenvalue weighted by Crippen LogP contribution is 2.30. The molecule has 0 aromatic heterocycles. The molecule has 1 aromatic rings. The van der Waals surface area contributed by atoms with E-state index in [9.17, 15) is 9.50 Å². The highest BCUT2D eigenvalue weighted by molar-refractivity contribution is 5.58. The Morgan fingerprint density at radius 3 is 2.75 bits per heavy atom. The number of hydrogen-bond acceptors (Lipinski definition) is 3. The molecule has 1 aromatic carbocycles. The lowest BCUT2D eigenvalue weighted by atomic mass is 9.82. The molecule has 0 heterocycles. The van der Waals surface area contributed by atoms with E-state index in [0.717, 1.165) is 12.8 Å². The quantitative estimate of drug-likeness (QED) is 0.866. The molecule has 0 bridgehead atoms. The lowest BCUT2D eigenvalue weighted by Crippen LogP contribution is -2.32. The van der Waals surface area contributed by atoms with Crippen molar-refractivity contribution in [2.75, 3.05) is 11.9 Å². The molecule has 2 N–H and O–H groups in total. The minimum atomic E-state index is -0.496. The molecule has 0 saturated heterocycles. The molecular formula is C16H21FN2O. The van der Waals surface area contributed by atoms with Crippen LogP contribution in [0.1, 0.15) is 44.1 Å². The average molecular weight is 276 g/mol. The molecule has 1 unspecified atom stereocenters. The van der Waals surface area contributed by atoms with Gasteiger partial charge in [0.25, 0.3) is 0 Å². The van der Waals surface area contributed by atoms with E-state index in [1.54, 1.807) is 12.1 Å². The van der Waals surface area contributed by atoms with Gasteiger partial charge in [0, 0.05) is 12.6 Å². The molecule has 2 rings (SSSR count). The first kappa shape index (κ1) is 14.8. The maximum absolute atomic E-state index is 13.6. The minimum absolute atomic E-state index is 0.0613. The monoisotopic (exact) mass is 276 g/mol. The lowest BCUT2D eigenvalue weighted by molar-refractivity contribution is 0.239. The van der Waals surface area contributed by atoms with Gasteiger partial charge in [-0.1, -0.05) is 25.3 Å². The first-order valence-corrected chi connectivity index (χ1v) is 7.32. The molecule has 20 heavy (non-hydrogen) atoms. The molecule has 1 atom stereocenters. The van der Waals surface area contributed by atoms with E-state index >= 15 is 0 Å². The molecular weight excluding hydrogens is 255 g/mol. The molecule has 0 radical (unpaired) electrons. The van der Waals surface area contributed by atoms with Gasteiger partial charge in [-0.25, -0.2) is 4.39 Å². The van der Waals surface area contributed by atoms with E-state index in [0.29, 0.717) is 18.0 Å². The largest absolute Gasteiger partial charge is 0.396 e. The van der Waals surface area contributed by atoms with E-state index in [4.69, 9.17) is 5.26 Å². The Hall–Kier alpha value is -1.60. The number of nitrogens with one attached hydrogen (secondary N) is 1. The summed E-state index contributed by atoms with van der Waals surface area (Å²) in [5.74, 6) is -0.00500. The van der Waals surface area contributed by atoms with Gasteiger partial charge < -0.3 is 10.4 Å². The van der Waals surface area contributed by atoms with Crippen LogP contribution in [-0.2, 0) is 0 Å². The normalized spacial score (nSPS) is 17.4. The summed E-state index contributed by atoms with van der Waals surface area (Å²) in [5.41, 5.74) is 0.600. The maximum atomic E-state index is 13.6. The van der Waals surface area contributed by atoms with Crippen molar-refractivity contribution in [1.29, 1.82) is 5.26 Å². The summed E-state index contributed by atoms with van der Waals surface area (Å²) in [6, 6.07) is 6.65. The fourth-order valence-electron chi connectivity index (χ4n) is 3.06. The number of anilines is 1. The third-order valence-electron chi connectivity index (χ3n) is 4.13. The summed E-state index contributed by atoms with van der Waals surface area (Å²) in [5, 5.41) is 21.6. The zero-order valence-corrected chi connectivity index (χ0v) is 11.6. The first-order chi connectivity index (χ1) is 9.76. The van der Waals surface area contributed by atoms with Crippen LogP contribution in [0, 0.1) is 23.1 Å². The van der Waals surface area contributed by atoms with Crippen LogP contribution < -0.4 is 5.32 Å². The second kappa shape index (κ2) is 7.25. The molecule has 1 aliphatic rings. The number of aliphatic hydroxyl groups is 1. The topological polar surface area (TPSA) is 56.0 Å². The highest BCUT2D eigenvalue weighted by Gasteiger charge is 2.24. The lowest BCUT2D eigenvalue weighted by Gasteiger charge is -2.31. The first-order valence-electron chi connectivity index (χ1n) is 7.32. The highest BCUT2D eigenvalue weighted by atomic mass is 19.1. The average Bonchev–Trinajstić information content (AvgIpc) is 2.48. The molecule has 1 fully saturated rings. The predicted octanol–water partition coefficient (Wildman–Crippen LogP) is 3.44. The van der Waals surface area contributed by atoms with E-state index < -0.39 is 5.82 Å². The Balaban J connectivity index is 2.15. The van der Waals surface area contributed by atoms with Crippen LogP contribution in [0.25, 0.3) is 0 Å². The minimum Gasteiger partial charge on any atom is -0.396 e. The molecule has 0 amide bonds. The van der Waals surface area contributed by atoms with Gasteiger partial charge in [0.15, 0.2) is 0 Å². The van der Waals surface area contributed by atoms with Gasteiger partial charge in [0.05, 0.1) is 5.69 Å². The molecule has 0 spiro atoms. The van der Waals surface area contributed by atoms with Crippen molar-refractivity contribution in [1.82, 2.24) is 0 Å². The third kappa shape index (κ3) is 3.49.